The van der Waals surface area contributed by atoms with E-state index in [0.29, 0.717) is 29.4 Å². The van der Waals surface area contributed by atoms with Gasteiger partial charge in [0.2, 0.25) is 5.75 Å². The molecule has 0 saturated heterocycles. The Balaban J connectivity index is 1.90. The third-order valence-corrected chi connectivity index (χ3v) is 5.51. The van der Waals surface area contributed by atoms with Crippen LogP contribution in [-0.2, 0) is 6.42 Å². The van der Waals surface area contributed by atoms with Crippen molar-refractivity contribution in [3.05, 3.63) is 82.3 Å². The first-order valence-corrected chi connectivity index (χ1v) is 10.8. The first kappa shape index (κ1) is 22.7. The minimum absolute atomic E-state index is 0.130. The Kier molecular flexibility index (Phi) is 7.95. The number of halogens is 1. The van der Waals surface area contributed by atoms with E-state index in [1.54, 1.807) is 24.1 Å². The van der Waals surface area contributed by atoms with E-state index in [1.807, 2.05) is 42.5 Å². The maximum atomic E-state index is 13.6. The van der Waals surface area contributed by atoms with E-state index in [9.17, 15) is 4.79 Å². The summed E-state index contributed by atoms with van der Waals surface area (Å²) in [5, 5.41) is 0. The number of nitrogens with zero attached hydrogens (tertiary/aromatic N) is 1. The Morgan fingerprint density at radius 3 is 2.03 bits per heavy atom. The zero-order chi connectivity index (χ0) is 22.2. The fourth-order valence-corrected chi connectivity index (χ4v) is 3.68. The molecule has 0 fully saturated rings. The van der Waals surface area contributed by atoms with Crippen molar-refractivity contribution in [2.75, 3.05) is 32.8 Å². The summed E-state index contributed by atoms with van der Waals surface area (Å²) in [4.78, 5) is 15.4. The lowest BCUT2D eigenvalue weighted by Gasteiger charge is -2.24. The molecule has 0 atom stereocenters. The van der Waals surface area contributed by atoms with Crippen LogP contribution in [-0.4, -0.2) is 33.8 Å². The molecule has 0 heterocycles. The molecule has 0 aliphatic heterocycles. The highest BCUT2D eigenvalue weighted by Crippen LogP contribution is 2.38. The highest BCUT2D eigenvalue weighted by Gasteiger charge is 2.22. The quantitative estimate of drug-likeness (QED) is 0.388. The van der Waals surface area contributed by atoms with E-state index in [1.165, 1.54) is 19.8 Å². The van der Waals surface area contributed by atoms with Crippen molar-refractivity contribution in [1.29, 1.82) is 0 Å². The molecule has 0 bridgehead atoms. The number of hydrogen-bond acceptors (Lipinski definition) is 4. The molecule has 1 amide bonds. The molecule has 0 radical (unpaired) electrons. The Morgan fingerprint density at radius 1 is 0.871 bits per heavy atom. The molecule has 0 aliphatic carbocycles. The fraction of sp³-hybridized carbons (Fsp3) is 0.240. The minimum Gasteiger partial charge on any atom is -0.493 e. The minimum atomic E-state index is -0.130. The number of amides is 1. The molecular formula is C25H26BrNO4. The molecule has 6 heteroatoms. The van der Waals surface area contributed by atoms with Crippen molar-refractivity contribution in [3.63, 3.8) is 0 Å². The zero-order valence-electron chi connectivity index (χ0n) is 17.9. The summed E-state index contributed by atoms with van der Waals surface area (Å²) in [6, 6.07) is 21.4. The highest BCUT2D eigenvalue weighted by atomic mass is 79.9. The number of ether oxygens (including phenoxy) is 3. The van der Waals surface area contributed by atoms with Gasteiger partial charge in [0.1, 0.15) is 0 Å². The van der Waals surface area contributed by atoms with Gasteiger partial charge in [-0.2, -0.15) is 0 Å². The lowest BCUT2D eigenvalue weighted by Crippen LogP contribution is -2.32. The number of methoxy groups -OCH3 is 3. The monoisotopic (exact) mass is 483 g/mol. The van der Waals surface area contributed by atoms with Crippen LogP contribution in [0.25, 0.3) is 0 Å². The van der Waals surface area contributed by atoms with E-state index in [0.717, 1.165) is 23.0 Å². The molecule has 5 nitrogen and oxygen atoms in total. The predicted molar refractivity (Wildman–Crippen MR) is 127 cm³/mol. The second-order valence-corrected chi connectivity index (χ2v) is 7.85. The molecule has 0 saturated carbocycles. The van der Waals surface area contributed by atoms with Gasteiger partial charge in [0.05, 0.1) is 21.3 Å². The van der Waals surface area contributed by atoms with Crippen LogP contribution in [0.1, 0.15) is 22.3 Å². The van der Waals surface area contributed by atoms with Crippen LogP contribution in [0.15, 0.2) is 71.2 Å². The number of benzene rings is 3. The van der Waals surface area contributed by atoms with Crippen molar-refractivity contribution in [1.82, 2.24) is 0 Å². The molecule has 3 aromatic rings. The highest BCUT2D eigenvalue weighted by molar-refractivity contribution is 9.10. The summed E-state index contributed by atoms with van der Waals surface area (Å²) in [5.74, 6) is 1.23. The second kappa shape index (κ2) is 10.9. The number of anilines is 1. The Morgan fingerprint density at radius 2 is 1.48 bits per heavy atom. The van der Waals surface area contributed by atoms with E-state index in [2.05, 4.69) is 28.1 Å². The van der Waals surface area contributed by atoms with Crippen LogP contribution in [0.2, 0.25) is 0 Å². The zero-order valence-corrected chi connectivity index (χ0v) is 19.5. The average Bonchev–Trinajstić information content (AvgIpc) is 2.81. The lowest BCUT2D eigenvalue weighted by atomic mass is 10.1. The predicted octanol–water partition coefficient (Wildman–Crippen LogP) is 5.75. The maximum absolute atomic E-state index is 13.6. The topological polar surface area (TPSA) is 48.0 Å². The standard InChI is InChI=1S/C25H26BrNO4/c1-29-22-16-19(17-23(30-2)24(22)31-3)25(28)27(21-13-11-20(26)12-14-21)15-7-10-18-8-5-4-6-9-18/h4-6,8-9,11-14,16-17H,7,10,15H2,1-3H3. The van der Waals surface area contributed by atoms with E-state index in [4.69, 9.17) is 14.2 Å². The van der Waals surface area contributed by atoms with E-state index < -0.39 is 0 Å². The molecule has 0 spiro atoms. The molecule has 0 N–H and O–H groups in total. The van der Waals surface area contributed by atoms with Crippen molar-refractivity contribution in [2.45, 2.75) is 12.8 Å². The normalized spacial score (nSPS) is 10.5. The van der Waals surface area contributed by atoms with Gasteiger partial charge in [0.25, 0.3) is 5.91 Å². The van der Waals surface area contributed by atoms with Crippen LogP contribution < -0.4 is 19.1 Å². The SMILES string of the molecule is COc1cc(C(=O)N(CCCc2ccccc2)c2ccc(Br)cc2)cc(OC)c1OC. The molecule has 31 heavy (non-hydrogen) atoms. The third-order valence-electron chi connectivity index (χ3n) is 4.99. The average molecular weight is 484 g/mol. The molecule has 3 aromatic carbocycles. The molecule has 3 rings (SSSR count). The number of hydrogen-bond donors (Lipinski definition) is 0. The number of carbonyl (C=O) groups is 1. The summed E-state index contributed by atoms with van der Waals surface area (Å²) in [6.45, 7) is 0.575. The van der Waals surface area contributed by atoms with Gasteiger partial charge in [-0.25, -0.2) is 0 Å². The van der Waals surface area contributed by atoms with Crippen LogP contribution in [0.5, 0.6) is 17.2 Å². The van der Waals surface area contributed by atoms with Crippen LogP contribution in [0.3, 0.4) is 0 Å². The van der Waals surface area contributed by atoms with Crippen LogP contribution in [0.4, 0.5) is 5.69 Å². The smallest absolute Gasteiger partial charge is 0.258 e. The summed E-state index contributed by atoms with van der Waals surface area (Å²) < 4.78 is 17.2. The van der Waals surface area contributed by atoms with E-state index in [-0.39, 0.29) is 5.91 Å². The lowest BCUT2D eigenvalue weighted by molar-refractivity contribution is 0.0986. The number of aryl methyl sites for hydroxylation is 1. The van der Waals surface area contributed by atoms with Gasteiger partial charge in [-0.15, -0.1) is 0 Å². The van der Waals surface area contributed by atoms with Gasteiger partial charge in [-0.3, -0.25) is 4.79 Å². The second-order valence-electron chi connectivity index (χ2n) is 6.94. The fourth-order valence-electron chi connectivity index (χ4n) is 3.42. The van der Waals surface area contributed by atoms with Crippen molar-refractivity contribution < 1.29 is 19.0 Å². The number of rotatable bonds is 9. The third kappa shape index (κ3) is 5.58. The Bertz CT molecular complexity index is 981. The Labute approximate surface area is 191 Å². The molecule has 0 aromatic heterocycles. The molecule has 0 unspecified atom stereocenters. The van der Waals surface area contributed by atoms with Crippen molar-refractivity contribution in [3.8, 4) is 17.2 Å². The summed E-state index contributed by atoms with van der Waals surface area (Å²) in [5.41, 5.74) is 2.55. The molecule has 0 aliphatic rings. The summed E-state index contributed by atoms with van der Waals surface area (Å²) in [7, 11) is 4.62. The largest absolute Gasteiger partial charge is 0.493 e. The van der Waals surface area contributed by atoms with Gasteiger partial charge in [0.15, 0.2) is 11.5 Å². The first-order chi connectivity index (χ1) is 15.1. The van der Waals surface area contributed by atoms with Gasteiger partial charge in [-0.1, -0.05) is 46.3 Å². The van der Waals surface area contributed by atoms with Crippen molar-refractivity contribution in [2.24, 2.45) is 0 Å². The number of carbonyl (C=O) groups excluding carboxylic acids is 1. The Hall–Kier alpha value is -2.99. The van der Waals surface area contributed by atoms with Gasteiger partial charge < -0.3 is 19.1 Å². The van der Waals surface area contributed by atoms with Gasteiger partial charge in [-0.05, 0) is 54.8 Å². The van der Waals surface area contributed by atoms with E-state index >= 15 is 0 Å². The van der Waals surface area contributed by atoms with Gasteiger partial charge >= 0.3 is 0 Å². The van der Waals surface area contributed by atoms with Crippen LogP contribution >= 0.6 is 15.9 Å². The summed E-state index contributed by atoms with van der Waals surface area (Å²) in [6.07, 6.45) is 1.71. The first-order valence-electron chi connectivity index (χ1n) is 9.98. The van der Waals surface area contributed by atoms with Gasteiger partial charge in [0, 0.05) is 22.3 Å². The molecular weight excluding hydrogens is 458 g/mol. The summed E-state index contributed by atoms with van der Waals surface area (Å²) >= 11 is 3.46. The molecule has 162 valence electrons. The van der Waals surface area contributed by atoms with Crippen molar-refractivity contribution >= 4 is 27.5 Å². The van der Waals surface area contributed by atoms with Crippen LogP contribution in [0, 0.1) is 0 Å². The maximum Gasteiger partial charge on any atom is 0.258 e.